The van der Waals surface area contributed by atoms with E-state index in [-0.39, 0.29) is 0 Å². The lowest BCUT2D eigenvalue weighted by Crippen LogP contribution is -2.11. The first-order valence-corrected chi connectivity index (χ1v) is 20.3. The van der Waals surface area contributed by atoms with Gasteiger partial charge in [-0.25, -0.2) is 0 Å². The molecule has 0 aliphatic heterocycles. The molecule has 3 heteroatoms. The minimum atomic E-state index is 1.11. The quantitative estimate of drug-likeness (QED) is 0.164. The monoisotopic (exact) mass is 735 g/mol. The van der Waals surface area contributed by atoms with Crippen LogP contribution in [0.4, 0.5) is 17.1 Å². The molecule has 11 rings (SSSR count). The maximum atomic E-state index is 2.45. The topological polar surface area (TPSA) is 3.24 Å². The maximum absolute atomic E-state index is 2.45. The van der Waals surface area contributed by atoms with Gasteiger partial charge in [-0.3, -0.25) is 0 Å². The number of rotatable bonds is 6. The van der Waals surface area contributed by atoms with Crippen molar-refractivity contribution in [1.29, 1.82) is 0 Å². The third-order valence-electron chi connectivity index (χ3n) is 10.9. The highest BCUT2D eigenvalue weighted by Gasteiger charge is 2.20. The number of anilines is 3. The average Bonchev–Trinajstić information content (AvgIpc) is 3.82. The molecule has 0 aliphatic carbocycles. The molecular weight excluding hydrogens is 703 g/mol. The number of para-hydroxylation sites is 1. The summed E-state index contributed by atoms with van der Waals surface area (Å²) in [4.78, 5) is 2.45. The lowest BCUT2D eigenvalue weighted by atomic mass is 9.96. The normalized spacial score (nSPS) is 11.6. The van der Waals surface area contributed by atoms with Crippen molar-refractivity contribution in [2.45, 2.75) is 0 Å². The summed E-state index contributed by atoms with van der Waals surface area (Å²) in [6.07, 6.45) is 0. The Kier molecular flexibility index (Phi) is 7.61. The van der Waals surface area contributed by atoms with E-state index in [1.807, 2.05) is 22.7 Å². The number of nitrogens with zero attached hydrogens (tertiary/aromatic N) is 1. The molecule has 0 aliphatic rings. The van der Waals surface area contributed by atoms with Crippen LogP contribution < -0.4 is 4.90 Å². The summed E-state index contributed by atoms with van der Waals surface area (Å²) < 4.78 is 5.26. The zero-order chi connectivity index (χ0) is 36.3. The van der Waals surface area contributed by atoms with Gasteiger partial charge in [-0.1, -0.05) is 140 Å². The summed E-state index contributed by atoms with van der Waals surface area (Å²) in [6.45, 7) is 0. The highest BCUT2D eigenvalue weighted by Crippen LogP contribution is 2.46. The second kappa shape index (κ2) is 13.1. The molecule has 1 nitrogen and oxygen atoms in total. The molecule has 55 heavy (non-hydrogen) atoms. The first-order chi connectivity index (χ1) is 27.3. The van der Waals surface area contributed by atoms with Crippen molar-refractivity contribution in [1.82, 2.24) is 0 Å². The number of thiophene rings is 2. The second-order valence-electron chi connectivity index (χ2n) is 14.1. The molecule has 2 aromatic heterocycles. The molecule has 0 amide bonds. The molecule has 0 fully saturated rings. The fourth-order valence-corrected chi connectivity index (χ4v) is 10.6. The molecule has 258 valence electrons. The van der Waals surface area contributed by atoms with Crippen molar-refractivity contribution in [3.8, 4) is 33.4 Å². The Morgan fingerprint density at radius 2 is 0.836 bits per heavy atom. The highest BCUT2D eigenvalue weighted by atomic mass is 32.1. The third-order valence-corrected chi connectivity index (χ3v) is 13.1. The predicted molar refractivity (Wildman–Crippen MR) is 241 cm³/mol. The Bertz CT molecular complexity index is 3230. The number of hydrogen-bond donors (Lipinski definition) is 0. The van der Waals surface area contributed by atoms with Gasteiger partial charge in [0.2, 0.25) is 0 Å². The van der Waals surface area contributed by atoms with E-state index in [9.17, 15) is 0 Å². The smallest absolute Gasteiger partial charge is 0.0540 e. The van der Waals surface area contributed by atoms with E-state index in [0.29, 0.717) is 0 Å². The third kappa shape index (κ3) is 5.43. The number of benzene rings is 9. The Morgan fingerprint density at radius 3 is 1.67 bits per heavy atom. The summed E-state index contributed by atoms with van der Waals surface area (Å²) in [5.41, 5.74) is 10.6. The molecule has 0 bridgehead atoms. The summed E-state index contributed by atoms with van der Waals surface area (Å²) >= 11 is 3.73. The molecular formula is C52H33NS2. The van der Waals surface area contributed by atoms with Crippen molar-refractivity contribution in [2.24, 2.45) is 0 Å². The molecule has 11 aromatic rings. The molecule has 0 spiro atoms. The van der Waals surface area contributed by atoms with Crippen LogP contribution in [0.5, 0.6) is 0 Å². The predicted octanol–water partition coefficient (Wildman–Crippen LogP) is 16.0. The zero-order valence-electron chi connectivity index (χ0n) is 29.8. The SMILES string of the molecule is c1cc(-c2cccc3ccccc23)cc(N(c2cccc(-c3cccc4sc5ccccc5c34)c2)c2ccccc2-c2ccc3sc4ccccc4c3c2)c1. The van der Waals surface area contributed by atoms with E-state index < -0.39 is 0 Å². The summed E-state index contributed by atoms with van der Waals surface area (Å²) in [6, 6.07) is 73.5. The molecule has 0 radical (unpaired) electrons. The Hall–Kier alpha value is -6.52. The molecule has 0 N–H and O–H groups in total. The van der Waals surface area contributed by atoms with Gasteiger partial charge in [0.05, 0.1) is 5.69 Å². The van der Waals surface area contributed by atoms with Crippen LogP contribution in [0.25, 0.3) is 84.5 Å². The lowest BCUT2D eigenvalue weighted by molar-refractivity contribution is 1.28. The fourth-order valence-electron chi connectivity index (χ4n) is 8.35. The largest absolute Gasteiger partial charge is 0.310 e. The van der Waals surface area contributed by atoms with Gasteiger partial charge >= 0.3 is 0 Å². The van der Waals surface area contributed by atoms with Gasteiger partial charge < -0.3 is 4.90 Å². The fraction of sp³-hybridized carbons (Fsp3) is 0. The van der Waals surface area contributed by atoms with Gasteiger partial charge in [-0.15, -0.1) is 22.7 Å². The maximum Gasteiger partial charge on any atom is 0.0540 e. The first-order valence-electron chi connectivity index (χ1n) is 18.7. The van der Waals surface area contributed by atoms with Gasteiger partial charge in [0.1, 0.15) is 0 Å². The van der Waals surface area contributed by atoms with Gasteiger partial charge in [-0.2, -0.15) is 0 Å². The molecule has 0 saturated heterocycles. The van der Waals surface area contributed by atoms with Crippen LogP contribution >= 0.6 is 22.7 Å². The number of fused-ring (bicyclic) bond motifs is 7. The van der Waals surface area contributed by atoms with Gasteiger partial charge in [0.15, 0.2) is 0 Å². The van der Waals surface area contributed by atoms with E-state index in [2.05, 4.69) is 205 Å². The van der Waals surface area contributed by atoms with Gasteiger partial charge in [-0.05, 0) is 99.3 Å². The number of hydrogen-bond acceptors (Lipinski definition) is 3. The summed E-state index contributed by atoms with van der Waals surface area (Å²) in [7, 11) is 0. The van der Waals surface area contributed by atoms with Crippen LogP contribution in [0.1, 0.15) is 0 Å². The standard InChI is InChI=1S/C52H33NS2/c1-2-19-40-34(13-1)14-11-23-41(40)35-15-9-17-38(31-35)53(39-18-10-16-36(32-39)43-24-12-28-51-52(43)45-22-5-8-27-49(45)55-51)47-25-6-3-20-42(47)37-29-30-50-46(33-37)44-21-4-7-26-48(44)54-50/h1-33H. The highest BCUT2D eigenvalue weighted by molar-refractivity contribution is 7.26. The van der Waals surface area contributed by atoms with Crippen molar-refractivity contribution in [3.63, 3.8) is 0 Å². The van der Waals surface area contributed by atoms with Crippen molar-refractivity contribution in [2.75, 3.05) is 4.90 Å². The van der Waals surface area contributed by atoms with Gasteiger partial charge in [0.25, 0.3) is 0 Å². The van der Waals surface area contributed by atoms with Crippen molar-refractivity contribution < 1.29 is 0 Å². The summed E-state index contributed by atoms with van der Waals surface area (Å²) in [5.74, 6) is 0. The van der Waals surface area contributed by atoms with Crippen LogP contribution in [0, 0.1) is 0 Å². The van der Waals surface area contributed by atoms with Crippen LogP contribution in [0.2, 0.25) is 0 Å². The van der Waals surface area contributed by atoms with E-state index in [1.165, 1.54) is 84.5 Å². The Morgan fingerprint density at radius 1 is 0.309 bits per heavy atom. The molecule has 2 heterocycles. The molecule has 0 saturated carbocycles. The average molecular weight is 736 g/mol. The second-order valence-corrected chi connectivity index (χ2v) is 16.2. The summed E-state index contributed by atoms with van der Waals surface area (Å²) in [5, 5.41) is 7.74. The minimum absolute atomic E-state index is 1.11. The molecule has 9 aromatic carbocycles. The Labute approximate surface area is 327 Å². The Balaban J connectivity index is 1.13. The van der Waals surface area contributed by atoms with E-state index >= 15 is 0 Å². The van der Waals surface area contributed by atoms with Crippen LogP contribution in [-0.2, 0) is 0 Å². The zero-order valence-corrected chi connectivity index (χ0v) is 31.4. The van der Waals surface area contributed by atoms with E-state index in [1.54, 1.807) is 0 Å². The van der Waals surface area contributed by atoms with Gasteiger partial charge in [0, 0.05) is 57.3 Å². The first kappa shape index (κ1) is 32.0. The van der Waals surface area contributed by atoms with Crippen LogP contribution in [0.15, 0.2) is 200 Å². The lowest BCUT2D eigenvalue weighted by Gasteiger charge is -2.29. The van der Waals surface area contributed by atoms with Crippen molar-refractivity contribution >= 4 is 90.9 Å². The van der Waals surface area contributed by atoms with E-state index in [4.69, 9.17) is 0 Å². The van der Waals surface area contributed by atoms with Crippen LogP contribution in [0.3, 0.4) is 0 Å². The van der Waals surface area contributed by atoms with Crippen LogP contribution in [-0.4, -0.2) is 0 Å². The molecule has 0 unspecified atom stereocenters. The minimum Gasteiger partial charge on any atom is -0.310 e. The van der Waals surface area contributed by atoms with E-state index in [0.717, 1.165) is 17.1 Å². The van der Waals surface area contributed by atoms with Crippen molar-refractivity contribution in [3.05, 3.63) is 200 Å². The molecule has 0 atom stereocenters.